The zero-order chi connectivity index (χ0) is 17.1. The molecule has 0 aliphatic carbocycles. The predicted octanol–water partition coefficient (Wildman–Crippen LogP) is 2.61. The fourth-order valence-corrected chi connectivity index (χ4v) is 3.39. The fourth-order valence-electron chi connectivity index (χ4n) is 3.39. The maximum atomic E-state index is 5.13. The Morgan fingerprint density at radius 1 is 1.28 bits per heavy atom. The van der Waals surface area contributed by atoms with Crippen LogP contribution < -0.4 is 0 Å². The zero-order valence-electron chi connectivity index (χ0n) is 14.2. The molecule has 4 rings (SSSR count). The van der Waals surface area contributed by atoms with E-state index in [-0.39, 0.29) is 0 Å². The summed E-state index contributed by atoms with van der Waals surface area (Å²) in [6, 6.07) is 6.05. The van der Waals surface area contributed by atoms with Crippen molar-refractivity contribution >= 4 is 0 Å². The lowest BCUT2D eigenvalue weighted by atomic mass is 9.91. The van der Waals surface area contributed by atoms with Gasteiger partial charge in [0.1, 0.15) is 6.33 Å². The van der Waals surface area contributed by atoms with Gasteiger partial charge in [-0.25, -0.2) is 9.97 Å². The number of aryl methyl sites for hydroxylation is 1. The summed E-state index contributed by atoms with van der Waals surface area (Å²) < 4.78 is 5.13. The molecule has 0 bridgehead atoms. The third kappa shape index (κ3) is 3.56. The second kappa shape index (κ2) is 7.06. The van der Waals surface area contributed by atoms with Crippen molar-refractivity contribution in [2.75, 3.05) is 13.1 Å². The van der Waals surface area contributed by atoms with Gasteiger partial charge >= 0.3 is 0 Å². The Morgan fingerprint density at radius 3 is 3.04 bits per heavy atom. The van der Waals surface area contributed by atoms with Crippen molar-refractivity contribution in [2.45, 2.75) is 32.2 Å². The number of likely N-dealkylation sites (tertiary alicyclic amines) is 1. The van der Waals surface area contributed by atoms with Crippen LogP contribution in [0.4, 0.5) is 0 Å². The van der Waals surface area contributed by atoms with Gasteiger partial charge in [0.25, 0.3) is 0 Å². The molecule has 3 aromatic rings. The molecule has 1 aliphatic heterocycles. The quantitative estimate of drug-likeness (QED) is 0.724. The Hall–Kier alpha value is -2.67. The van der Waals surface area contributed by atoms with E-state index in [1.165, 1.54) is 0 Å². The van der Waals surface area contributed by atoms with Crippen LogP contribution in [0.5, 0.6) is 0 Å². The largest absolute Gasteiger partial charge is 0.339 e. The van der Waals surface area contributed by atoms with Crippen LogP contribution in [0.15, 0.2) is 41.4 Å². The normalized spacial score (nSPS) is 18.4. The molecular formula is C18H20N6O. The molecule has 3 aromatic heterocycles. The maximum absolute atomic E-state index is 5.13. The van der Waals surface area contributed by atoms with E-state index in [0.717, 1.165) is 49.4 Å². The first-order valence-electron chi connectivity index (χ1n) is 8.52. The summed E-state index contributed by atoms with van der Waals surface area (Å²) in [6.45, 7) is 4.67. The van der Waals surface area contributed by atoms with Crippen LogP contribution in [0.3, 0.4) is 0 Å². The summed E-state index contributed by atoms with van der Waals surface area (Å²) in [5.41, 5.74) is 2.96. The summed E-state index contributed by atoms with van der Waals surface area (Å²) in [4.78, 5) is 19.9. The first kappa shape index (κ1) is 15.8. The molecule has 0 spiro atoms. The van der Waals surface area contributed by atoms with E-state index < -0.39 is 0 Å². The highest BCUT2D eigenvalue weighted by molar-refractivity contribution is 5.57. The molecule has 25 heavy (non-hydrogen) atoms. The highest BCUT2D eigenvalue weighted by atomic mass is 16.5. The molecule has 0 saturated carbocycles. The van der Waals surface area contributed by atoms with E-state index in [0.29, 0.717) is 17.6 Å². The number of hydrogen-bond acceptors (Lipinski definition) is 7. The lowest BCUT2D eigenvalue weighted by Crippen LogP contribution is -2.34. The highest BCUT2D eigenvalue weighted by Gasteiger charge is 2.26. The first-order chi connectivity index (χ1) is 12.3. The van der Waals surface area contributed by atoms with Crippen LogP contribution in [0.25, 0.3) is 11.4 Å². The molecular weight excluding hydrogens is 316 g/mol. The van der Waals surface area contributed by atoms with E-state index >= 15 is 0 Å². The number of rotatable bonds is 4. The van der Waals surface area contributed by atoms with Crippen LogP contribution in [0.1, 0.15) is 36.0 Å². The minimum absolute atomic E-state index is 0.328. The van der Waals surface area contributed by atoms with E-state index in [2.05, 4.69) is 36.1 Å². The van der Waals surface area contributed by atoms with Crippen LogP contribution >= 0.6 is 0 Å². The van der Waals surface area contributed by atoms with Gasteiger partial charge in [-0.15, -0.1) is 0 Å². The number of hydrogen-bond donors (Lipinski definition) is 0. The molecule has 1 aliphatic rings. The SMILES string of the molecule is Cc1nc(-c2cncnc2C2CCCN(Cc3ccccn3)C2)no1. The average molecular weight is 336 g/mol. The summed E-state index contributed by atoms with van der Waals surface area (Å²) >= 11 is 0. The van der Waals surface area contributed by atoms with Crippen LogP contribution in [0.2, 0.25) is 0 Å². The summed E-state index contributed by atoms with van der Waals surface area (Å²) in [5, 5.41) is 4.04. The van der Waals surface area contributed by atoms with Gasteiger partial charge in [-0.3, -0.25) is 9.88 Å². The summed E-state index contributed by atoms with van der Waals surface area (Å²) in [6.07, 6.45) is 7.46. The van der Waals surface area contributed by atoms with Gasteiger partial charge in [-0.2, -0.15) is 4.98 Å². The number of nitrogens with zero attached hydrogens (tertiary/aromatic N) is 6. The van der Waals surface area contributed by atoms with E-state index in [4.69, 9.17) is 4.52 Å². The Morgan fingerprint density at radius 2 is 2.24 bits per heavy atom. The van der Waals surface area contributed by atoms with Gasteiger partial charge in [-0.05, 0) is 31.5 Å². The van der Waals surface area contributed by atoms with Crippen LogP contribution in [-0.4, -0.2) is 43.1 Å². The molecule has 0 amide bonds. The minimum Gasteiger partial charge on any atom is -0.339 e. The average Bonchev–Trinajstić information content (AvgIpc) is 3.09. The molecule has 0 radical (unpaired) electrons. The smallest absolute Gasteiger partial charge is 0.223 e. The van der Waals surface area contributed by atoms with Crippen molar-refractivity contribution in [1.29, 1.82) is 0 Å². The van der Waals surface area contributed by atoms with Gasteiger partial charge in [0.05, 0.1) is 17.0 Å². The molecule has 0 aromatic carbocycles. The highest BCUT2D eigenvalue weighted by Crippen LogP contribution is 2.31. The predicted molar refractivity (Wildman–Crippen MR) is 91.6 cm³/mol. The van der Waals surface area contributed by atoms with Crippen LogP contribution in [-0.2, 0) is 6.54 Å². The van der Waals surface area contributed by atoms with Crippen molar-refractivity contribution in [2.24, 2.45) is 0 Å². The Labute approximate surface area is 146 Å². The van der Waals surface area contributed by atoms with E-state index in [1.54, 1.807) is 19.4 Å². The van der Waals surface area contributed by atoms with Gasteiger partial charge < -0.3 is 4.52 Å². The molecule has 1 saturated heterocycles. The second-order valence-electron chi connectivity index (χ2n) is 6.35. The number of aromatic nitrogens is 5. The van der Waals surface area contributed by atoms with Gasteiger partial charge in [0, 0.05) is 38.3 Å². The van der Waals surface area contributed by atoms with E-state index in [9.17, 15) is 0 Å². The van der Waals surface area contributed by atoms with Crippen molar-refractivity contribution in [3.63, 3.8) is 0 Å². The molecule has 7 nitrogen and oxygen atoms in total. The molecule has 4 heterocycles. The first-order valence-corrected chi connectivity index (χ1v) is 8.52. The monoisotopic (exact) mass is 336 g/mol. The van der Waals surface area contributed by atoms with Crippen molar-refractivity contribution in [3.05, 3.63) is 54.2 Å². The Kier molecular flexibility index (Phi) is 4.47. The summed E-state index contributed by atoms with van der Waals surface area (Å²) in [5.74, 6) is 1.44. The number of piperidine rings is 1. The van der Waals surface area contributed by atoms with Crippen molar-refractivity contribution in [3.8, 4) is 11.4 Å². The summed E-state index contributed by atoms with van der Waals surface area (Å²) in [7, 11) is 0. The van der Waals surface area contributed by atoms with Crippen molar-refractivity contribution in [1.82, 2.24) is 30.0 Å². The number of pyridine rings is 1. The lowest BCUT2D eigenvalue weighted by Gasteiger charge is -2.32. The van der Waals surface area contributed by atoms with Gasteiger partial charge in [-0.1, -0.05) is 11.2 Å². The standard InChI is InChI=1S/C18H20N6O/c1-13-22-18(23-25-13)16-9-19-12-21-17(16)14-5-4-8-24(10-14)11-15-6-2-3-7-20-15/h2-3,6-7,9,12,14H,4-5,8,10-11H2,1H3. The lowest BCUT2D eigenvalue weighted by molar-refractivity contribution is 0.196. The molecule has 128 valence electrons. The fraction of sp³-hybridized carbons (Fsp3) is 0.389. The second-order valence-corrected chi connectivity index (χ2v) is 6.35. The third-order valence-corrected chi connectivity index (χ3v) is 4.52. The molecule has 7 heteroatoms. The Balaban J connectivity index is 1.56. The topological polar surface area (TPSA) is 80.8 Å². The molecule has 0 N–H and O–H groups in total. The van der Waals surface area contributed by atoms with Crippen molar-refractivity contribution < 1.29 is 4.52 Å². The van der Waals surface area contributed by atoms with Gasteiger partial charge in [0.15, 0.2) is 0 Å². The molecule has 1 unspecified atom stereocenters. The third-order valence-electron chi connectivity index (χ3n) is 4.52. The van der Waals surface area contributed by atoms with Gasteiger partial charge in [0.2, 0.25) is 11.7 Å². The van der Waals surface area contributed by atoms with Crippen LogP contribution in [0, 0.1) is 6.92 Å². The Bertz CT molecular complexity index is 834. The molecule has 1 atom stereocenters. The molecule has 1 fully saturated rings. The van der Waals surface area contributed by atoms with E-state index in [1.807, 2.05) is 18.3 Å². The minimum atomic E-state index is 0.328. The zero-order valence-corrected chi connectivity index (χ0v) is 14.2. The maximum Gasteiger partial charge on any atom is 0.223 e.